The molecule has 6 nitrogen and oxygen atoms in total. The number of carbonyl (C=O) groups is 1. The molecular formula is C24H22N4O2S. The lowest BCUT2D eigenvalue weighted by molar-refractivity contribution is 0.0951. The number of hydrogen-bond donors (Lipinski definition) is 2. The van der Waals surface area contributed by atoms with E-state index in [9.17, 15) is 9.59 Å². The monoisotopic (exact) mass is 430 g/mol. The van der Waals surface area contributed by atoms with Crippen LogP contribution >= 0.6 is 11.3 Å². The Morgan fingerprint density at radius 2 is 1.94 bits per heavy atom. The van der Waals surface area contributed by atoms with Crippen molar-refractivity contribution in [3.8, 4) is 22.5 Å². The number of nitrogens with one attached hydrogen (secondary N) is 2. The van der Waals surface area contributed by atoms with Crippen molar-refractivity contribution in [2.75, 3.05) is 6.54 Å². The molecule has 31 heavy (non-hydrogen) atoms. The Balaban J connectivity index is 1.31. The van der Waals surface area contributed by atoms with E-state index in [-0.39, 0.29) is 11.5 Å². The summed E-state index contributed by atoms with van der Waals surface area (Å²) < 4.78 is 0. The van der Waals surface area contributed by atoms with Crippen LogP contribution in [0.4, 0.5) is 0 Å². The summed E-state index contributed by atoms with van der Waals surface area (Å²) in [5.74, 6) is -0.367. The van der Waals surface area contributed by atoms with Crippen molar-refractivity contribution in [1.82, 2.24) is 20.3 Å². The number of hydrogen-bond acceptors (Lipinski definition) is 5. The third kappa shape index (κ3) is 5.13. The van der Waals surface area contributed by atoms with E-state index in [1.807, 2.05) is 48.7 Å². The van der Waals surface area contributed by atoms with Gasteiger partial charge >= 0.3 is 0 Å². The molecular weight excluding hydrogens is 408 g/mol. The highest BCUT2D eigenvalue weighted by Crippen LogP contribution is 2.21. The topological polar surface area (TPSA) is 87.7 Å². The molecule has 0 saturated heterocycles. The standard InChI is InChI=1S/C24H22N4O2S/c1-16-4-2-5-18(14-16)20-8-7-19(24(30)28-20)23(29)26-11-3-6-22-27-21(15-31-22)17-9-12-25-13-10-17/h2,4-5,7-10,12-15H,3,6,11H2,1H3,(H,26,29)(H,28,30). The Hall–Kier alpha value is -3.58. The lowest BCUT2D eigenvalue weighted by Crippen LogP contribution is -2.30. The van der Waals surface area contributed by atoms with Crippen molar-refractivity contribution >= 4 is 17.2 Å². The number of carbonyl (C=O) groups excluding carboxylic acids is 1. The van der Waals surface area contributed by atoms with Crippen molar-refractivity contribution in [1.29, 1.82) is 0 Å². The van der Waals surface area contributed by atoms with Gasteiger partial charge in [0.15, 0.2) is 0 Å². The number of nitrogens with zero attached hydrogens (tertiary/aromatic N) is 2. The molecule has 156 valence electrons. The van der Waals surface area contributed by atoms with Gasteiger partial charge < -0.3 is 10.3 Å². The first-order valence-electron chi connectivity index (χ1n) is 10.0. The van der Waals surface area contributed by atoms with Gasteiger partial charge in [0.2, 0.25) is 0 Å². The molecule has 7 heteroatoms. The zero-order chi connectivity index (χ0) is 21.6. The smallest absolute Gasteiger partial charge is 0.261 e. The second kappa shape index (κ2) is 9.49. The van der Waals surface area contributed by atoms with E-state index in [1.54, 1.807) is 35.9 Å². The van der Waals surface area contributed by atoms with E-state index in [0.29, 0.717) is 12.2 Å². The zero-order valence-electron chi connectivity index (χ0n) is 17.1. The summed E-state index contributed by atoms with van der Waals surface area (Å²) in [6, 6.07) is 15.1. The Bertz CT molecular complexity index is 1250. The maximum atomic E-state index is 12.4. The molecule has 4 aromatic rings. The van der Waals surface area contributed by atoms with Gasteiger partial charge in [-0.05, 0) is 49.2 Å². The highest BCUT2D eigenvalue weighted by atomic mass is 32.1. The molecule has 3 heterocycles. The summed E-state index contributed by atoms with van der Waals surface area (Å²) in [7, 11) is 0. The van der Waals surface area contributed by atoms with Gasteiger partial charge in [0.1, 0.15) is 5.56 Å². The summed E-state index contributed by atoms with van der Waals surface area (Å²) in [5, 5.41) is 5.87. The molecule has 2 N–H and O–H groups in total. The average molecular weight is 431 g/mol. The SMILES string of the molecule is Cc1cccc(-c2ccc(C(=O)NCCCc3nc(-c4ccncc4)cs3)c(=O)[nH]2)c1. The third-order valence-electron chi connectivity index (χ3n) is 4.86. The van der Waals surface area contributed by atoms with Crippen LogP contribution in [0.25, 0.3) is 22.5 Å². The van der Waals surface area contributed by atoms with Crippen LogP contribution in [-0.4, -0.2) is 27.4 Å². The first kappa shape index (κ1) is 20.7. The molecule has 0 saturated carbocycles. The van der Waals surface area contributed by atoms with Crippen LogP contribution in [0.5, 0.6) is 0 Å². The number of thiazole rings is 1. The number of aromatic amines is 1. The van der Waals surface area contributed by atoms with E-state index in [2.05, 4.69) is 20.3 Å². The summed E-state index contributed by atoms with van der Waals surface area (Å²) >= 11 is 1.60. The van der Waals surface area contributed by atoms with Crippen molar-refractivity contribution in [3.63, 3.8) is 0 Å². The lowest BCUT2D eigenvalue weighted by atomic mass is 10.1. The minimum Gasteiger partial charge on any atom is -0.352 e. The number of aromatic nitrogens is 3. The number of aryl methyl sites for hydroxylation is 2. The van der Waals surface area contributed by atoms with E-state index >= 15 is 0 Å². The largest absolute Gasteiger partial charge is 0.352 e. The number of amides is 1. The third-order valence-corrected chi connectivity index (χ3v) is 5.77. The molecule has 0 atom stereocenters. The van der Waals surface area contributed by atoms with Gasteiger partial charge in [-0.2, -0.15) is 0 Å². The van der Waals surface area contributed by atoms with Crippen LogP contribution in [0, 0.1) is 6.92 Å². The quantitative estimate of drug-likeness (QED) is 0.430. The normalized spacial score (nSPS) is 10.7. The van der Waals surface area contributed by atoms with Gasteiger partial charge in [0.05, 0.1) is 10.7 Å². The summed E-state index contributed by atoms with van der Waals surface area (Å²) in [6.45, 7) is 2.47. The van der Waals surface area contributed by atoms with Crippen molar-refractivity contribution in [2.24, 2.45) is 0 Å². The lowest BCUT2D eigenvalue weighted by Gasteiger charge is -2.06. The Kier molecular flexibility index (Phi) is 6.33. The Morgan fingerprint density at radius 1 is 1.10 bits per heavy atom. The van der Waals surface area contributed by atoms with Crippen molar-refractivity contribution < 1.29 is 4.79 Å². The van der Waals surface area contributed by atoms with Crippen LogP contribution in [-0.2, 0) is 6.42 Å². The molecule has 0 bridgehead atoms. The van der Waals surface area contributed by atoms with Crippen LogP contribution in [0.3, 0.4) is 0 Å². The minimum atomic E-state index is -0.390. The highest BCUT2D eigenvalue weighted by Gasteiger charge is 2.11. The van der Waals surface area contributed by atoms with Crippen LogP contribution in [0.15, 0.2) is 71.1 Å². The second-order valence-corrected chi connectivity index (χ2v) is 8.15. The molecule has 3 aromatic heterocycles. The number of pyridine rings is 2. The van der Waals surface area contributed by atoms with Crippen molar-refractivity contribution in [2.45, 2.75) is 19.8 Å². The molecule has 4 rings (SSSR count). The zero-order valence-corrected chi connectivity index (χ0v) is 17.9. The van der Waals surface area contributed by atoms with E-state index < -0.39 is 5.56 Å². The molecule has 1 aromatic carbocycles. The summed E-state index contributed by atoms with van der Waals surface area (Å²) in [5.41, 5.74) is 4.42. The van der Waals surface area contributed by atoms with Gasteiger partial charge in [-0.15, -0.1) is 11.3 Å². The number of rotatable bonds is 7. The van der Waals surface area contributed by atoms with Gasteiger partial charge in [0.25, 0.3) is 11.5 Å². The molecule has 0 spiro atoms. The molecule has 0 fully saturated rings. The van der Waals surface area contributed by atoms with E-state index in [4.69, 9.17) is 0 Å². The minimum absolute atomic E-state index is 0.116. The molecule has 0 aliphatic heterocycles. The number of benzene rings is 1. The molecule has 0 aliphatic carbocycles. The fourth-order valence-electron chi connectivity index (χ4n) is 3.25. The first-order chi connectivity index (χ1) is 15.1. The summed E-state index contributed by atoms with van der Waals surface area (Å²) in [6.07, 6.45) is 5.00. The molecule has 1 amide bonds. The second-order valence-electron chi connectivity index (χ2n) is 7.21. The predicted octanol–water partition coefficient (Wildman–Crippen LogP) is 4.23. The van der Waals surface area contributed by atoms with E-state index in [0.717, 1.165) is 40.2 Å². The Morgan fingerprint density at radius 3 is 2.71 bits per heavy atom. The van der Waals surface area contributed by atoms with Crippen LogP contribution in [0.2, 0.25) is 0 Å². The Labute approximate surface area is 184 Å². The van der Waals surface area contributed by atoms with Crippen LogP contribution in [0.1, 0.15) is 27.3 Å². The summed E-state index contributed by atoms with van der Waals surface area (Å²) in [4.78, 5) is 36.3. The maximum absolute atomic E-state index is 12.4. The maximum Gasteiger partial charge on any atom is 0.261 e. The van der Waals surface area contributed by atoms with Gasteiger partial charge in [-0.1, -0.05) is 23.8 Å². The van der Waals surface area contributed by atoms with Gasteiger partial charge in [0, 0.05) is 42.0 Å². The first-order valence-corrected chi connectivity index (χ1v) is 10.9. The molecule has 0 aliphatic rings. The average Bonchev–Trinajstić information content (AvgIpc) is 3.26. The highest BCUT2D eigenvalue weighted by molar-refractivity contribution is 7.09. The van der Waals surface area contributed by atoms with E-state index in [1.165, 1.54) is 0 Å². The van der Waals surface area contributed by atoms with Crippen molar-refractivity contribution in [3.05, 3.63) is 92.8 Å². The van der Waals surface area contributed by atoms with Gasteiger partial charge in [-0.25, -0.2) is 4.98 Å². The molecule has 0 radical (unpaired) electrons. The fraction of sp³-hybridized carbons (Fsp3) is 0.167. The van der Waals surface area contributed by atoms with Crippen LogP contribution < -0.4 is 10.9 Å². The number of H-pyrrole nitrogens is 1. The van der Waals surface area contributed by atoms with Gasteiger partial charge in [-0.3, -0.25) is 14.6 Å². The predicted molar refractivity (Wildman–Crippen MR) is 123 cm³/mol. The molecule has 0 unspecified atom stereocenters. The fourth-order valence-corrected chi connectivity index (χ4v) is 4.10.